The summed E-state index contributed by atoms with van der Waals surface area (Å²) in [4.78, 5) is 19.3. The molecule has 4 heteroatoms. The van der Waals surface area contributed by atoms with Crippen LogP contribution in [0.15, 0.2) is 64.5 Å². The van der Waals surface area contributed by atoms with Crippen molar-refractivity contribution in [3.8, 4) is 0 Å². The van der Waals surface area contributed by atoms with Crippen molar-refractivity contribution in [1.82, 2.24) is 10.3 Å². The quantitative estimate of drug-likeness (QED) is 0.469. The molecule has 1 amide bonds. The first-order valence-electron chi connectivity index (χ1n) is 11.4. The van der Waals surface area contributed by atoms with E-state index in [0.29, 0.717) is 17.8 Å². The molecule has 0 radical (unpaired) electrons. The van der Waals surface area contributed by atoms with Crippen molar-refractivity contribution >= 4 is 28.6 Å². The molecular formula is C27H32N2OS. The summed E-state index contributed by atoms with van der Waals surface area (Å²) in [6.45, 7) is 8.96. The van der Waals surface area contributed by atoms with Crippen molar-refractivity contribution in [2.45, 2.75) is 68.8 Å². The number of carbonyl (C=O) groups is 1. The second-order valence-corrected chi connectivity index (χ2v) is 10.3. The van der Waals surface area contributed by atoms with Crippen LogP contribution in [-0.4, -0.2) is 16.9 Å². The number of aromatic nitrogens is 1. The second-order valence-electron chi connectivity index (χ2n) is 9.20. The summed E-state index contributed by atoms with van der Waals surface area (Å²) in [5.41, 5.74) is 2.91. The highest BCUT2D eigenvalue weighted by Gasteiger charge is 2.29. The summed E-state index contributed by atoms with van der Waals surface area (Å²) in [5.74, 6) is 1.67. The lowest BCUT2D eigenvalue weighted by Crippen LogP contribution is -2.43. The summed E-state index contributed by atoms with van der Waals surface area (Å²) >= 11 is 1.61. The van der Waals surface area contributed by atoms with Crippen LogP contribution in [0.5, 0.6) is 0 Å². The average molecular weight is 433 g/mol. The van der Waals surface area contributed by atoms with Crippen molar-refractivity contribution in [2.75, 3.05) is 0 Å². The third kappa shape index (κ3) is 4.95. The van der Waals surface area contributed by atoms with Crippen LogP contribution in [-0.2, 0) is 0 Å². The number of hydrogen-bond donors (Lipinski definition) is 1. The Labute approximate surface area is 190 Å². The molecular weight excluding hydrogens is 400 g/mol. The lowest BCUT2D eigenvalue weighted by Gasteiger charge is -2.34. The molecule has 4 rings (SSSR count). The van der Waals surface area contributed by atoms with Crippen molar-refractivity contribution in [2.24, 2.45) is 11.8 Å². The van der Waals surface area contributed by atoms with Crippen molar-refractivity contribution < 1.29 is 4.79 Å². The van der Waals surface area contributed by atoms with Gasteiger partial charge in [0.2, 0.25) is 0 Å². The largest absolute Gasteiger partial charge is 0.349 e. The molecule has 1 N–H and O–H groups in total. The van der Waals surface area contributed by atoms with Crippen molar-refractivity contribution in [3.63, 3.8) is 0 Å². The van der Waals surface area contributed by atoms with Crippen molar-refractivity contribution in [1.29, 1.82) is 0 Å². The van der Waals surface area contributed by atoms with E-state index in [-0.39, 0.29) is 11.9 Å². The Kier molecular flexibility index (Phi) is 6.66. The van der Waals surface area contributed by atoms with Crippen LogP contribution < -0.4 is 5.32 Å². The van der Waals surface area contributed by atoms with Crippen LogP contribution in [0.3, 0.4) is 0 Å². The third-order valence-electron chi connectivity index (χ3n) is 6.73. The number of amides is 1. The summed E-state index contributed by atoms with van der Waals surface area (Å²) in [6, 6.07) is 18.8. The molecule has 1 saturated carbocycles. The molecule has 1 aromatic heterocycles. The fraction of sp³-hybridized carbons (Fsp3) is 0.407. The molecule has 0 spiro atoms. The molecule has 3 nitrogen and oxygen atoms in total. The smallest absolute Gasteiger partial charge is 0.252 e. The van der Waals surface area contributed by atoms with Gasteiger partial charge in [-0.05, 0) is 54.0 Å². The molecule has 1 heterocycles. The van der Waals surface area contributed by atoms with E-state index >= 15 is 0 Å². The van der Waals surface area contributed by atoms with Crippen LogP contribution in [0.4, 0.5) is 0 Å². The van der Waals surface area contributed by atoms with Crippen LogP contribution in [0, 0.1) is 11.8 Å². The maximum atomic E-state index is 13.4. The van der Waals surface area contributed by atoms with Gasteiger partial charge in [-0.25, -0.2) is 4.98 Å². The number of carbonyl (C=O) groups excluding carboxylic acids is 1. The van der Waals surface area contributed by atoms with E-state index in [4.69, 9.17) is 4.98 Å². The van der Waals surface area contributed by atoms with Gasteiger partial charge >= 0.3 is 0 Å². The zero-order valence-electron chi connectivity index (χ0n) is 18.9. The van der Waals surface area contributed by atoms with Gasteiger partial charge in [-0.2, -0.15) is 0 Å². The van der Waals surface area contributed by atoms with Gasteiger partial charge in [-0.3, -0.25) is 4.79 Å². The summed E-state index contributed by atoms with van der Waals surface area (Å²) in [6.07, 6.45) is 3.49. The number of rotatable bonds is 5. The number of fused-ring (bicyclic) bond motifs is 1. The molecule has 0 saturated heterocycles. The number of nitrogens with one attached hydrogen (secondary N) is 1. The SMILES string of the molecule is CC(C)c1ccc(Sc2cc(C(=O)N[C@@H]3CCC[C@@H](C)[C@@H]3C)c3ccccc3n2)cc1. The highest BCUT2D eigenvalue weighted by Crippen LogP contribution is 2.32. The van der Waals surface area contributed by atoms with Gasteiger partial charge in [0.05, 0.1) is 11.1 Å². The first-order chi connectivity index (χ1) is 14.9. The Hall–Kier alpha value is -2.33. The molecule has 3 atom stereocenters. The Morgan fingerprint density at radius 2 is 1.81 bits per heavy atom. The zero-order chi connectivity index (χ0) is 22.0. The number of nitrogens with zero attached hydrogens (tertiary/aromatic N) is 1. The molecule has 31 heavy (non-hydrogen) atoms. The monoisotopic (exact) mass is 432 g/mol. The van der Waals surface area contributed by atoms with E-state index in [1.807, 2.05) is 30.3 Å². The lowest BCUT2D eigenvalue weighted by molar-refractivity contribution is 0.0892. The van der Waals surface area contributed by atoms with Gasteiger partial charge in [0.25, 0.3) is 5.91 Å². The maximum Gasteiger partial charge on any atom is 0.252 e. The van der Waals surface area contributed by atoms with Gasteiger partial charge < -0.3 is 5.32 Å². The van der Waals surface area contributed by atoms with E-state index in [1.54, 1.807) is 11.8 Å². The Morgan fingerprint density at radius 3 is 2.55 bits per heavy atom. The normalized spacial score (nSPS) is 21.4. The molecule has 162 valence electrons. The molecule has 2 aromatic carbocycles. The summed E-state index contributed by atoms with van der Waals surface area (Å²) in [5, 5.41) is 5.11. The molecule has 1 aliphatic carbocycles. The minimum atomic E-state index is 0.0153. The highest BCUT2D eigenvalue weighted by atomic mass is 32.2. The topological polar surface area (TPSA) is 42.0 Å². The van der Waals surface area contributed by atoms with Crippen LogP contribution in [0.25, 0.3) is 10.9 Å². The van der Waals surface area contributed by atoms with Crippen LogP contribution >= 0.6 is 11.8 Å². The van der Waals surface area contributed by atoms with Gasteiger partial charge in [0, 0.05) is 16.3 Å². The van der Waals surface area contributed by atoms with Gasteiger partial charge in [-0.15, -0.1) is 0 Å². The summed E-state index contributed by atoms with van der Waals surface area (Å²) < 4.78 is 0. The minimum absolute atomic E-state index is 0.0153. The molecule has 1 aliphatic rings. The second kappa shape index (κ2) is 9.44. The lowest BCUT2D eigenvalue weighted by atomic mass is 9.78. The van der Waals surface area contributed by atoms with E-state index < -0.39 is 0 Å². The summed E-state index contributed by atoms with van der Waals surface area (Å²) in [7, 11) is 0. The third-order valence-corrected chi connectivity index (χ3v) is 7.66. The Bertz CT molecular complexity index is 1060. The first-order valence-corrected chi connectivity index (χ1v) is 12.2. The fourth-order valence-corrected chi connectivity index (χ4v) is 5.30. The van der Waals surface area contributed by atoms with Crippen LogP contribution in [0.2, 0.25) is 0 Å². The minimum Gasteiger partial charge on any atom is -0.349 e. The highest BCUT2D eigenvalue weighted by molar-refractivity contribution is 7.99. The van der Waals surface area contributed by atoms with Crippen LogP contribution in [0.1, 0.15) is 68.8 Å². The van der Waals surface area contributed by atoms with Crippen molar-refractivity contribution in [3.05, 3.63) is 65.7 Å². The number of hydrogen-bond acceptors (Lipinski definition) is 3. The Morgan fingerprint density at radius 1 is 1.06 bits per heavy atom. The predicted octanol–water partition coefficient (Wildman–Crippen LogP) is 7.06. The first kappa shape index (κ1) is 21.9. The molecule has 3 aromatic rings. The standard InChI is InChI=1S/C27H32N2OS/c1-17(2)20-12-14-21(15-13-20)31-26-16-23(22-9-5-6-10-25(22)28-26)27(30)29-24-11-7-8-18(3)19(24)4/h5-6,9-10,12-19,24H,7-8,11H2,1-4H3,(H,29,30)/t18-,19+,24-/m1/s1. The average Bonchev–Trinajstić information content (AvgIpc) is 2.76. The van der Waals surface area contributed by atoms with Gasteiger partial charge in [-0.1, -0.05) is 82.6 Å². The maximum absolute atomic E-state index is 13.4. The van der Waals surface area contributed by atoms with Gasteiger partial charge in [0.15, 0.2) is 0 Å². The number of para-hydroxylation sites is 1. The predicted molar refractivity (Wildman–Crippen MR) is 130 cm³/mol. The number of benzene rings is 2. The van der Waals surface area contributed by atoms with E-state index in [1.165, 1.54) is 18.4 Å². The molecule has 0 aliphatic heterocycles. The van der Waals surface area contributed by atoms with E-state index in [0.717, 1.165) is 32.8 Å². The Balaban J connectivity index is 1.62. The molecule has 0 unspecified atom stereocenters. The zero-order valence-corrected chi connectivity index (χ0v) is 19.7. The van der Waals surface area contributed by atoms with Gasteiger partial charge in [0.1, 0.15) is 5.03 Å². The van der Waals surface area contributed by atoms with E-state index in [2.05, 4.69) is 57.3 Å². The molecule has 1 fully saturated rings. The van der Waals surface area contributed by atoms with E-state index in [9.17, 15) is 4.79 Å². The fourth-order valence-electron chi connectivity index (χ4n) is 4.46. The molecule has 0 bridgehead atoms. The number of pyridine rings is 1.